The molecule has 0 amide bonds. The molecule has 0 unspecified atom stereocenters. The molecule has 0 aliphatic heterocycles. The van der Waals surface area contributed by atoms with E-state index in [1.54, 1.807) is 50.6 Å². The average molecular weight is 340 g/mol. The summed E-state index contributed by atoms with van der Waals surface area (Å²) in [5.74, 6) is 0.661. The molecule has 0 bridgehead atoms. The van der Waals surface area contributed by atoms with Crippen LogP contribution in [-0.2, 0) is 16.4 Å². The molecule has 1 aromatic heterocycles. The number of rotatable bonds is 6. The van der Waals surface area contributed by atoms with Crippen LogP contribution >= 0.6 is 11.3 Å². The first-order valence-electron chi connectivity index (χ1n) is 6.89. The fourth-order valence-electron chi connectivity index (χ4n) is 2.35. The Bertz CT molecular complexity index is 744. The van der Waals surface area contributed by atoms with Crippen LogP contribution in [0.1, 0.15) is 21.0 Å². The number of benzene rings is 1. The van der Waals surface area contributed by atoms with E-state index < -0.39 is 10.0 Å². The van der Waals surface area contributed by atoms with Crippen molar-refractivity contribution >= 4 is 21.4 Å². The molecule has 1 N–H and O–H groups in total. The van der Waals surface area contributed by atoms with E-state index in [-0.39, 0.29) is 0 Å². The summed E-state index contributed by atoms with van der Waals surface area (Å²) in [5.41, 5.74) is 1.36. The van der Waals surface area contributed by atoms with E-state index in [0.29, 0.717) is 34.7 Å². The van der Waals surface area contributed by atoms with Crippen LogP contribution in [0, 0.1) is 20.8 Å². The van der Waals surface area contributed by atoms with Crippen LogP contribution in [0.15, 0.2) is 23.2 Å². The molecule has 5 nitrogen and oxygen atoms in total. The van der Waals surface area contributed by atoms with Crippen LogP contribution in [0.3, 0.4) is 0 Å². The number of nitrogens with zero attached hydrogens (tertiary/aromatic N) is 1. The van der Waals surface area contributed by atoms with E-state index in [9.17, 15) is 8.42 Å². The lowest BCUT2D eigenvalue weighted by Crippen LogP contribution is -2.27. The number of hydrogen-bond donors (Lipinski definition) is 1. The molecule has 0 spiro atoms. The maximum Gasteiger partial charge on any atom is 0.241 e. The van der Waals surface area contributed by atoms with E-state index in [2.05, 4.69) is 9.71 Å². The molecule has 0 radical (unpaired) electrons. The van der Waals surface area contributed by atoms with Crippen LogP contribution < -0.4 is 9.46 Å². The van der Waals surface area contributed by atoms with Crippen molar-refractivity contribution in [1.29, 1.82) is 0 Å². The number of aromatic nitrogens is 1. The first-order valence-corrected chi connectivity index (χ1v) is 9.19. The summed E-state index contributed by atoms with van der Waals surface area (Å²) in [4.78, 5) is 5.56. The van der Waals surface area contributed by atoms with Crippen LogP contribution in [0.2, 0.25) is 0 Å². The van der Waals surface area contributed by atoms with Crippen LogP contribution in [0.25, 0.3) is 0 Å². The first kappa shape index (κ1) is 16.9. The summed E-state index contributed by atoms with van der Waals surface area (Å²) >= 11 is 1.58. The lowest BCUT2D eigenvalue weighted by Gasteiger charge is -2.13. The number of nitrogens with one attached hydrogen (secondary N) is 1. The molecule has 0 atom stereocenters. The second-order valence-electron chi connectivity index (χ2n) is 5.08. The van der Waals surface area contributed by atoms with Crippen molar-refractivity contribution in [1.82, 2.24) is 9.71 Å². The topological polar surface area (TPSA) is 68.3 Å². The van der Waals surface area contributed by atoms with Gasteiger partial charge in [-0.3, -0.25) is 0 Å². The number of ether oxygens (including phenoxy) is 1. The molecular formula is C15H20N2O3S2. The van der Waals surface area contributed by atoms with Crippen molar-refractivity contribution in [3.8, 4) is 5.75 Å². The summed E-state index contributed by atoms with van der Waals surface area (Å²) in [6.45, 7) is 5.84. The molecule has 1 aromatic carbocycles. The van der Waals surface area contributed by atoms with Gasteiger partial charge in [-0.1, -0.05) is 0 Å². The van der Waals surface area contributed by atoms with Gasteiger partial charge in [0.2, 0.25) is 10.0 Å². The normalized spacial score (nSPS) is 11.6. The van der Waals surface area contributed by atoms with Crippen molar-refractivity contribution in [2.24, 2.45) is 0 Å². The van der Waals surface area contributed by atoms with Gasteiger partial charge < -0.3 is 4.74 Å². The Morgan fingerprint density at radius 2 is 1.86 bits per heavy atom. The second kappa shape index (κ2) is 6.76. The minimum absolute atomic E-state index is 0.328. The smallest absolute Gasteiger partial charge is 0.241 e. The number of thiazole rings is 1. The molecule has 0 aliphatic rings. The lowest BCUT2D eigenvalue weighted by atomic mass is 10.1. The monoisotopic (exact) mass is 340 g/mol. The van der Waals surface area contributed by atoms with E-state index in [4.69, 9.17) is 4.74 Å². The highest BCUT2D eigenvalue weighted by Crippen LogP contribution is 2.25. The van der Waals surface area contributed by atoms with Gasteiger partial charge in [0.25, 0.3) is 0 Å². The minimum Gasteiger partial charge on any atom is -0.497 e. The molecule has 7 heteroatoms. The summed E-state index contributed by atoms with van der Waals surface area (Å²) in [6, 6.07) is 3.46. The average Bonchev–Trinajstić information content (AvgIpc) is 2.83. The highest BCUT2D eigenvalue weighted by atomic mass is 32.2. The van der Waals surface area contributed by atoms with Crippen molar-refractivity contribution in [2.75, 3.05) is 13.7 Å². The number of hydrogen-bond acceptors (Lipinski definition) is 5. The maximum absolute atomic E-state index is 12.5. The summed E-state index contributed by atoms with van der Waals surface area (Å²) in [5, 5.41) is 0.986. The number of aryl methyl sites for hydroxylation is 3. The molecule has 0 saturated heterocycles. The zero-order chi connectivity index (χ0) is 16.3. The third kappa shape index (κ3) is 3.85. The van der Waals surface area contributed by atoms with Crippen LogP contribution in [0.4, 0.5) is 0 Å². The van der Waals surface area contributed by atoms with Gasteiger partial charge in [-0.05, 0) is 50.5 Å². The Kier molecular flexibility index (Phi) is 5.20. The summed E-state index contributed by atoms with van der Waals surface area (Å²) in [7, 11) is -1.96. The third-order valence-corrected chi connectivity index (χ3v) is 6.01. The van der Waals surface area contributed by atoms with E-state index in [0.717, 1.165) is 9.88 Å². The second-order valence-corrected chi connectivity index (χ2v) is 8.11. The molecule has 0 aliphatic carbocycles. The van der Waals surface area contributed by atoms with Gasteiger partial charge in [0, 0.05) is 17.6 Å². The van der Waals surface area contributed by atoms with Gasteiger partial charge in [-0.25, -0.2) is 18.1 Å². The molecule has 120 valence electrons. The van der Waals surface area contributed by atoms with Gasteiger partial charge >= 0.3 is 0 Å². The zero-order valence-corrected chi connectivity index (χ0v) is 14.8. The van der Waals surface area contributed by atoms with Crippen LogP contribution in [0.5, 0.6) is 5.75 Å². The SMILES string of the molecule is COc1cc(C)c(S(=O)(=O)NCCc2cnc(C)s2)c(C)c1. The molecular weight excluding hydrogens is 320 g/mol. The van der Waals surface area contributed by atoms with Gasteiger partial charge in [0.15, 0.2) is 0 Å². The minimum atomic E-state index is -3.53. The molecule has 1 heterocycles. The number of methoxy groups -OCH3 is 1. The van der Waals surface area contributed by atoms with Crippen LogP contribution in [-0.4, -0.2) is 27.1 Å². The molecule has 22 heavy (non-hydrogen) atoms. The Morgan fingerprint density at radius 3 is 2.36 bits per heavy atom. The van der Waals surface area contributed by atoms with E-state index in [1.807, 2.05) is 6.92 Å². The predicted octanol–water partition coefficient (Wildman–Crippen LogP) is 2.60. The third-order valence-electron chi connectivity index (χ3n) is 3.27. The van der Waals surface area contributed by atoms with Crippen molar-refractivity contribution in [3.63, 3.8) is 0 Å². The van der Waals surface area contributed by atoms with Gasteiger partial charge in [0.05, 0.1) is 17.0 Å². The summed E-state index contributed by atoms with van der Waals surface area (Å²) in [6.07, 6.45) is 2.43. The van der Waals surface area contributed by atoms with Gasteiger partial charge in [-0.2, -0.15) is 0 Å². The van der Waals surface area contributed by atoms with Gasteiger partial charge in [0.1, 0.15) is 5.75 Å². The number of sulfonamides is 1. The Labute approximate surface area is 135 Å². The fraction of sp³-hybridized carbons (Fsp3) is 0.400. The highest BCUT2D eigenvalue weighted by Gasteiger charge is 2.20. The standard InChI is InChI=1S/C15H20N2O3S2/c1-10-7-13(20-4)8-11(2)15(10)22(18,19)17-6-5-14-9-16-12(3)21-14/h7-9,17H,5-6H2,1-4H3. The predicted molar refractivity (Wildman–Crippen MR) is 88.2 cm³/mol. The Hall–Kier alpha value is -1.44. The zero-order valence-electron chi connectivity index (χ0n) is 13.1. The molecule has 0 saturated carbocycles. The summed E-state index contributed by atoms with van der Waals surface area (Å²) < 4.78 is 32.8. The largest absolute Gasteiger partial charge is 0.497 e. The van der Waals surface area contributed by atoms with Gasteiger partial charge in [-0.15, -0.1) is 11.3 Å². The van der Waals surface area contributed by atoms with Crippen molar-refractivity contribution in [2.45, 2.75) is 32.1 Å². The Balaban J connectivity index is 2.13. The lowest BCUT2D eigenvalue weighted by molar-refractivity contribution is 0.413. The first-order chi connectivity index (χ1) is 10.3. The molecule has 2 aromatic rings. The van der Waals surface area contributed by atoms with E-state index >= 15 is 0 Å². The molecule has 0 fully saturated rings. The maximum atomic E-state index is 12.5. The fourth-order valence-corrected chi connectivity index (χ4v) is 4.63. The molecule has 2 rings (SSSR count). The quantitative estimate of drug-likeness (QED) is 0.878. The highest BCUT2D eigenvalue weighted by molar-refractivity contribution is 7.89. The van der Waals surface area contributed by atoms with E-state index in [1.165, 1.54) is 0 Å². The van der Waals surface area contributed by atoms with Crippen molar-refractivity contribution in [3.05, 3.63) is 39.3 Å². The Morgan fingerprint density at radius 1 is 1.23 bits per heavy atom. The van der Waals surface area contributed by atoms with Crippen molar-refractivity contribution < 1.29 is 13.2 Å².